The topological polar surface area (TPSA) is 58.9 Å². The van der Waals surface area contributed by atoms with E-state index in [2.05, 4.69) is 0 Å². The third kappa shape index (κ3) is 1.61. The molecule has 2 N–H and O–H groups in total. The van der Waals surface area contributed by atoms with Crippen LogP contribution in [0.3, 0.4) is 0 Å². The number of ether oxygens (including phenoxy) is 2. The van der Waals surface area contributed by atoms with Gasteiger partial charge in [0, 0.05) is 13.0 Å². The van der Waals surface area contributed by atoms with Crippen LogP contribution in [0.5, 0.6) is 0 Å². The highest BCUT2D eigenvalue weighted by Crippen LogP contribution is 2.25. The molecule has 4 heteroatoms. The van der Waals surface area contributed by atoms with Crippen molar-refractivity contribution in [2.75, 3.05) is 7.11 Å². The second kappa shape index (κ2) is 3.70. The Bertz CT molecular complexity index is 145. The number of aliphatic hydroxyl groups excluding tert-OH is 2. The molecule has 1 aliphatic rings. The van der Waals surface area contributed by atoms with Gasteiger partial charge >= 0.3 is 0 Å². The molecule has 0 saturated carbocycles. The monoisotopic (exact) mass is 176 g/mol. The minimum Gasteiger partial charge on any atom is -0.390 e. The lowest BCUT2D eigenvalue weighted by Crippen LogP contribution is -2.52. The summed E-state index contributed by atoms with van der Waals surface area (Å²) in [5.41, 5.74) is 0. The maximum atomic E-state index is 9.52. The van der Waals surface area contributed by atoms with E-state index in [1.54, 1.807) is 13.8 Å². The summed E-state index contributed by atoms with van der Waals surface area (Å²) in [7, 11) is 1.48. The summed E-state index contributed by atoms with van der Waals surface area (Å²) < 4.78 is 10.1. The lowest BCUT2D eigenvalue weighted by Gasteiger charge is -2.39. The molecule has 0 spiro atoms. The average Bonchev–Trinajstić information content (AvgIpc) is 2.08. The Labute approximate surface area is 72.1 Å². The van der Waals surface area contributed by atoms with Crippen LogP contribution in [0.25, 0.3) is 0 Å². The first-order valence-corrected chi connectivity index (χ1v) is 4.12. The van der Waals surface area contributed by atoms with Crippen molar-refractivity contribution in [3.63, 3.8) is 0 Å². The van der Waals surface area contributed by atoms with Crippen molar-refractivity contribution in [1.29, 1.82) is 0 Å². The van der Waals surface area contributed by atoms with Gasteiger partial charge in [-0.25, -0.2) is 0 Å². The Kier molecular flexibility index (Phi) is 3.06. The second-order valence-electron chi connectivity index (χ2n) is 3.29. The van der Waals surface area contributed by atoms with E-state index in [0.717, 1.165) is 0 Å². The quantitative estimate of drug-likeness (QED) is 0.577. The molecule has 0 radical (unpaired) electrons. The largest absolute Gasteiger partial charge is 0.390 e. The zero-order valence-corrected chi connectivity index (χ0v) is 7.60. The Hall–Kier alpha value is -0.160. The van der Waals surface area contributed by atoms with Crippen molar-refractivity contribution in [3.05, 3.63) is 0 Å². The average molecular weight is 176 g/mol. The van der Waals surface area contributed by atoms with Crippen molar-refractivity contribution in [2.45, 2.75) is 38.4 Å². The maximum absolute atomic E-state index is 9.52. The molecule has 12 heavy (non-hydrogen) atoms. The van der Waals surface area contributed by atoms with Gasteiger partial charge in [-0.05, 0) is 6.92 Å². The highest BCUT2D eigenvalue weighted by atomic mass is 16.7. The summed E-state index contributed by atoms with van der Waals surface area (Å²) >= 11 is 0. The van der Waals surface area contributed by atoms with Crippen LogP contribution in [-0.2, 0) is 9.47 Å². The minimum atomic E-state index is -0.749. The Morgan fingerprint density at radius 2 is 1.75 bits per heavy atom. The van der Waals surface area contributed by atoms with E-state index in [0.29, 0.717) is 0 Å². The molecule has 1 aliphatic heterocycles. The van der Waals surface area contributed by atoms with Gasteiger partial charge in [0.05, 0.1) is 12.2 Å². The molecule has 0 aromatic heterocycles. The van der Waals surface area contributed by atoms with E-state index >= 15 is 0 Å². The van der Waals surface area contributed by atoms with E-state index in [1.807, 2.05) is 0 Å². The van der Waals surface area contributed by atoms with Gasteiger partial charge in [0.15, 0.2) is 6.29 Å². The Balaban J connectivity index is 2.63. The van der Waals surface area contributed by atoms with Crippen LogP contribution >= 0.6 is 0 Å². The SMILES string of the molecule is COC1OC(C)C(O)C(C)C1O. The van der Waals surface area contributed by atoms with E-state index in [4.69, 9.17) is 9.47 Å². The first kappa shape index (κ1) is 9.92. The fraction of sp³-hybridized carbons (Fsp3) is 1.00. The summed E-state index contributed by atoms with van der Waals surface area (Å²) in [6.45, 7) is 3.54. The molecular formula is C8H16O4. The molecule has 1 saturated heterocycles. The van der Waals surface area contributed by atoms with Crippen LogP contribution in [0.4, 0.5) is 0 Å². The standard InChI is InChI=1S/C8H16O4/c1-4-6(9)5(2)12-8(11-3)7(4)10/h4-10H,1-3H3. The molecule has 0 aliphatic carbocycles. The van der Waals surface area contributed by atoms with Gasteiger partial charge < -0.3 is 19.7 Å². The highest BCUT2D eigenvalue weighted by Gasteiger charge is 2.39. The van der Waals surface area contributed by atoms with Crippen molar-refractivity contribution < 1.29 is 19.7 Å². The Morgan fingerprint density at radius 3 is 2.25 bits per heavy atom. The fourth-order valence-corrected chi connectivity index (χ4v) is 1.44. The molecule has 5 unspecified atom stereocenters. The highest BCUT2D eigenvalue weighted by molar-refractivity contribution is 4.84. The number of hydrogen-bond acceptors (Lipinski definition) is 4. The van der Waals surface area contributed by atoms with Gasteiger partial charge in [0.25, 0.3) is 0 Å². The maximum Gasteiger partial charge on any atom is 0.183 e. The van der Waals surface area contributed by atoms with Crippen molar-refractivity contribution >= 4 is 0 Å². The lowest BCUT2D eigenvalue weighted by molar-refractivity contribution is -0.270. The van der Waals surface area contributed by atoms with Gasteiger partial charge in [0.1, 0.15) is 6.10 Å². The molecule has 72 valence electrons. The molecule has 0 aromatic carbocycles. The molecule has 4 nitrogen and oxygen atoms in total. The first-order valence-electron chi connectivity index (χ1n) is 4.12. The number of hydrogen-bond donors (Lipinski definition) is 2. The molecule has 5 atom stereocenters. The van der Waals surface area contributed by atoms with Gasteiger partial charge in [-0.3, -0.25) is 0 Å². The summed E-state index contributed by atoms with van der Waals surface area (Å²) in [5.74, 6) is -0.210. The second-order valence-corrected chi connectivity index (χ2v) is 3.29. The van der Waals surface area contributed by atoms with Gasteiger partial charge in [-0.15, -0.1) is 0 Å². The van der Waals surface area contributed by atoms with E-state index in [-0.39, 0.29) is 12.0 Å². The predicted molar refractivity (Wildman–Crippen MR) is 42.5 cm³/mol. The number of aliphatic hydroxyl groups is 2. The first-order chi connectivity index (χ1) is 5.57. The van der Waals surface area contributed by atoms with Gasteiger partial charge in [-0.1, -0.05) is 6.92 Å². The van der Waals surface area contributed by atoms with Crippen LogP contribution < -0.4 is 0 Å². The predicted octanol–water partition coefficient (Wildman–Crippen LogP) is -0.264. The van der Waals surface area contributed by atoms with Crippen LogP contribution in [0, 0.1) is 5.92 Å². The van der Waals surface area contributed by atoms with E-state index < -0.39 is 18.5 Å². The minimum absolute atomic E-state index is 0.210. The molecule has 0 aromatic rings. The van der Waals surface area contributed by atoms with Gasteiger partial charge in [0.2, 0.25) is 0 Å². The van der Waals surface area contributed by atoms with Crippen LogP contribution in [0.1, 0.15) is 13.8 Å². The molecule has 1 heterocycles. The van der Waals surface area contributed by atoms with Crippen molar-refractivity contribution in [2.24, 2.45) is 5.92 Å². The lowest BCUT2D eigenvalue weighted by atomic mass is 9.91. The molecular weight excluding hydrogens is 160 g/mol. The van der Waals surface area contributed by atoms with Gasteiger partial charge in [-0.2, -0.15) is 0 Å². The van der Waals surface area contributed by atoms with Crippen LogP contribution in [0.15, 0.2) is 0 Å². The fourth-order valence-electron chi connectivity index (χ4n) is 1.44. The number of rotatable bonds is 1. The van der Waals surface area contributed by atoms with Crippen molar-refractivity contribution in [3.8, 4) is 0 Å². The summed E-state index contributed by atoms with van der Waals surface area (Å²) in [4.78, 5) is 0. The molecule has 0 amide bonds. The third-order valence-corrected chi connectivity index (χ3v) is 2.42. The summed E-state index contributed by atoms with van der Waals surface area (Å²) in [6, 6.07) is 0. The third-order valence-electron chi connectivity index (χ3n) is 2.42. The number of methoxy groups -OCH3 is 1. The summed E-state index contributed by atoms with van der Waals surface area (Å²) in [6.07, 6.45) is -2.26. The molecule has 0 bridgehead atoms. The molecule has 1 rings (SSSR count). The zero-order valence-electron chi connectivity index (χ0n) is 7.60. The van der Waals surface area contributed by atoms with Crippen molar-refractivity contribution in [1.82, 2.24) is 0 Å². The smallest absolute Gasteiger partial charge is 0.183 e. The Morgan fingerprint density at radius 1 is 1.17 bits per heavy atom. The van der Waals surface area contributed by atoms with Crippen LogP contribution in [-0.4, -0.2) is 41.9 Å². The zero-order chi connectivity index (χ0) is 9.30. The van der Waals surface area contributed by atoms with E-state index in [9.17, 15) is 10.2 Å². The normalized spacial score (nSPS) is 49.2. The van der Waals surface area contributed by atoms with E-state index in [1.165, 1.54) is 7.11 Å². The molecule has 1 fully saturated rings. The van der Waals surface area contributed by atoms with Crippen LogP contribution in [0.2, 0.25) is 0 Å². The summed E-state index contributed by atoms with van der Waals surface area (Å²) in [5, 5.41) is 19.0.